The molecule has 0 aromatic heterocycles. The van der Waals surface area contributed by atoms with Gasteiger partial charge in [-0.25, -0.2) is 0 Å². The Hall–Kier alpha value is -1.03. The Morgan fingerprint density at radius 2 is 2.10 bits per heavy atom. The normalized spacial score (nSPS) is 23.4. The first-order valence-corrected chi connectivity index (χ1v) is 8.50. The van der Waals surface area contributed by atoms with Crippen LogP contribution in [0.15, 0.2) is 22.7 Å². The maximum atomic E-state index is 12.3. The van der Waals surface area contributed by atoms with E-state index < -0.39 is 6.10 Å². The molecule has 3 nitrogen and oxygen atoms in total. The highest BCUT2D eigenvalue weighted by atomic mass is 79.9. The summed E-state index contributed by atoms with van der Waals surface area (Å²) in [6, 6.07) is 6.16. The van der Waals surface area contributed by atoms with Gasteiger partial charge >= 0.3 is 0 Å². The number of benzene rings is 1. The lowest BCUT2D eigenvalue weighted by atomic mass is 9.86. The fourth-order valence-corrected chi connectivity index (χ4v) is 3.36. The van der Waals surface area contributed by atoms with Crippen LogP contribution in [0.2, 0.25) is 0 Å². The third-order valence-corrected chi connectivity index (χ3v) is 4.82. The van der Waals surface area contributed by atoms with Gasteiger partial charge in [0.25, 0.3) is 5.91 Å². The van der Waals surface area contributed by atoms with Gasteiger partial charge in [0, 0.05) is 6.04 Å². The molecule has 1 N–H and O–H groups in total. The summed E-state index contributed by atoms with van der Waals surface area (Å²) in [6.45, 7) is 6.04. The van der Waals surface area contributed by atoms with Gasteiger partial charge in [-0.15, -0.1) is 0 Å². The fraction of sp³-hybridized carbons (Fsp3) is 0.588. The van der Waals surface area contributed by atoms with Gasteiger partial charge in [-0.3, -0.25) is 4.79 Å². The molecule has 1 aliphatic rings. The minimum absolute atomic E-state index is 0.0266. The van der Waals surface area contributed by atoms with Crippen LogP contribution in [0.4, 0.5) is 0 Å². The quantitative estimate of drug-likeness (QED) is 0.879. The first kappa shape index (κ1) is 16.3. The summed E-state index contributed by atoms with van der Waals surface area (Å²) in [5, 5.41) is 3.14. The molecule has 2 rings (SSSR count). The largest absolute Gasteiger partial charge is 0.480 e. The number of ether oxygens (including phenoxy) is 1. The molecule has 21 heavy (non-hydrogen) atoms. The molecule has 3 atom stereocenters. The van der Waals surface area contributed by atoms with E-state index in [4.69, 9.17) is 4.74 Å². The number of nitrogens with one attached hydrogen (secondary N) is 1. The van der Waals surface area contributed by atoms with Crippen molar-refractivity contribution in [3.05, 3.63) is 28.2 Å². The Kier molecular flexibility index (Phi) is 5.68. The number of hydrogen-bond donors (Lipinski definition) is 1. The van der Waals surface area contributed by atoms with Crippen LogP contribution in [0.5, 0.6) is 5.75 Å². The van der Waals surface area contributed by atoms with E-state index >= 15 is 0 Å². The van der Waals surface area contributed by atoms with E-state index in [2.05, 4.69) is 28.2 Å². The molecule has 1 aromatic carbocycles. The molecule has 0 saturated heterocycles. The molecule has 1 aromatic rings. The number of carbonyl (C=O) groups excluding carboxylic acids is 1. The maximum Gasteiger partial charge on any atom is 0.261 e. The zero-order valence-electron chi connectivity index (χ0n) is 13.0. The fourth-order valence-electron chi connectivity index (χ4n) is 2.78. The monoisotopic (exact) mass is 353 g/mol. The second kappa shape index (κ2) is 7.30. The molecule has 1 amide bonds. The van der Waals surface area contributed by atoms with E-state index in [-0.39, 0.29) is 5.91 Å². The molecule has 0 aliphatic heterocycles. The lowest BCUT2D eigenvalue weighted by Crippen LogP contribution is -2.46. The molecule has 4 heteroatoms. The van der Waals surface area contributed by atoms with Gasteiger partial charge in [-0.2, -0.15) is 0 Å². The SMILES string of the molecule is Cc1ccc(OC(C)C(=O)NC2CCCCC2C)c(Br)c1. The van der Waals surface area contributed by atoms with Crippen molar-refractivity contribution in [1.29, 1.82) is 0 Å². The highest BCUT2D eigenvalue weighted by Gasteiger charge is 2.25. The second-order valence-electron chi connectivity index (χ2n) is 6.07. The summed E-state index contributed by atoms with van der Waals surface area (Å²) in [4.78, 5) is 12.3. The Morgan fingerprint density at radius 1 is 1.38 bits per heavy atom. The summed E-state index contributed by atoms with van der Waals surface area (Å²) in [5.41, 5.74) is 1.15. The number of rotatable bonds is 4. The lowest BCUT2D eigenvalue weighted by molar-refractivity contribution is -0.128. The van der Waals surface area contributed by atoms with Crippen LogP contribution in [0.3, 0.4) is 0 Å². The highest BCUT2D eigenvalue weighted by Crippen LogP contribution is 2.27. The standard InChI is InChI=1S/C17H24BrNO2/c1-11-8-9-16(14(18)10-11)21-13(3)17(20)19-15-7-5-4-6-12(15)2/h8-10,12-13,15H,4-7H2,1-3H3,(H,19,20). The lowest BCUT2D eigenvalue weighted by Gasteiger charge is -2.30. The van der Waals surface area contributed by atoms with Crippen molar-refractivity contribution >= 4 is 21.8 Å². The van der Waals surface area contributed by atoms with Crippen LogP contribution in [-0.2, 0) is 4.79 Å². The third kappa shape index (κ3) is 4.47. The van der Waals surface area contributed by atoms with Crippen molar-refractivity contribution in [2.24, 2.45) is 5.92 Å². The molecular formula is C17H24BrNO2. The first-order chi connectivity index (χ1) is 9.97. The van der Waals surface area contributed by atoms with E-state index in [1.807, 2.05) is 25.1 Å². The van der Waals surface area contributed by atoms with Crippen LogP contribution in [-0.4, -0.2) is 18.1 Å². The molecule has 3 unspecified atom stereocenters. The Bertz CT molecular complexity index is 504. The molecule has 1 fully saturated rings. The maximum absolute atomic E-state index is 12.3. The second-order valence-corrected chi connectivity index (χ2v) is 6.93. The van der Waals surface area contributed by atoms with Crippen LogP contribution in [0.1, 0.15) is 45.1 Å². The zero-order chi connectivity index (χ0) is 15.4. The topological polar surface area (TPSA) is 38.3 Å². The summed E-state index contributed by atoms with van der Waals surface area (Å²) >= 11 is 3.48. The molecule has 116 valence electrons. The van der Waals surface area contributed by atoms with Gasteiger partial charge < -0.3 is 10.1 Å². The minimum Gasteiger partial charge on any atom is -0.480 e. The van der Waals surface area contributed by atoms with Crippen LogP contribution < -0.4 is 10.1 Å². The van der Waals surface area contributed by atoms with Crippen molar-refractivity contribution in [3.8, 4) is 5.75 Å². The number of aryl methyl sites for hydroxylation is 1. The summed E-state index contributed by atoms with van der Waals surface area (Å²) < 4.78 is 6.66. The minimum atomic E-state index is -0.488. The molecular weight excluding hydrogens is 330 g/mol. The molecule has 1 aliphatic carbocycles. The number of halogens is 1. The molecule has 0 heterocycles. The molecule has 0 bridgehead atoms. The van der Waals surface area contributed by atoms with E-state index in [1.165, 1.54) is 19.3 Å². The van der Waals surface area contributed by atoms with Gasteiger partial charge in [0.2, 0.25) is 0 Å². The summed E-state index contributed by atoms with van der Waals surface area (Å²) in [7, 11) is 0. The average Bonchev–Trinajstić information content (AvgIpc) is 2.44. The summed E-state index contributed by atoms with van der Waals surface area (Å²) in [5.74, 6) is 1.24. The Morgan fingerprint density at radius 3 is 2.76 bits per heavy atom. The predicted octanol–water partition coefficient (Wildman–Crippen LogP) is 4.22. The van der Waals surface area contributed by atoms with Gasteiger partial charge in [-0.05, 0) is 66.2 Å². The van der Waals surface area contributed by atoms with Crippen LogP contribution in [0.25, 0.3) is 0 Å². The van der Waals surface area contributed by atoms with E-state index in [0.717, 1.165) is 16.5 Å². The van der Waals surface area contributed by atoms with Crippen LogP contribution >= 0.6 is 15.9 Å². The van der Waals surface area contributed by atoms with Crippen LogP contribution in [0, 0.1) is 12.8 Å². The first-order valence-electron chi connectivity index (χ1n) is 7.70. The Balaban J connectivity index is 1.92. The summed E-state index contributed by atoms with van der Waals surface area (Å²) in [6.07, 6.45) is 4.26. The van der Waals surface area contributed by atoms with Crippen molar-refractivity contribution in [3.63, 3.8) is 0 Å². The van der Waals surface area contributed by atoms with E-state index in [0.29, 0.717) is 17.7 Å². The zero-order valence-corrected chi connectivity index (χ0v) is 14.6. The van der Waals surface area contributed by atoms with Gasteiger partial charge in [0.1, 0.15) is 5.75 Å². The Labute approximate surface area is 135 Å². The average molecular weight is 354 g/mol. The molecule has 0 radical (unpaired) electrons. The highest BCUT2D eigenvalue weighted by molar-refractivity contribution is 9.10. The molecule has 1 saturated carbocycles. The third-order valence-electron chi connectivity index (χ3n) is 4.20. The number of carbonyl (C=O) groups is 1. The van der Waals surface area contributed by atoms with Crippen molar-refractivity contribution < 1.29 is 9.53 Å². The van der Waals surface area contributed by atoms with Gasteiger partial charge in [0.15, 0.2) is 6.10 Å². The van der Waals surface area contributed by atoms with Crippen molar-refractivity contribution in [2.75, 3.05) is 0 Å². The predicted molar refractivity (Wildman–Crippen MR) is 88.5 cm³/mol. The number of amides is 1. The smallest absolute Gasteiger partial charge is 0.261 e. The van der Waals surface area contributed by atoms with Crippen molar-refractivity contribution in [1.82, 2.24) is 5.32 Å². The van der Waals surface area contributed by atoms with E-state index in [9.17, 15) is 4.79 Å². The molecule has 0 spiro atoms. The van der Waals surface area contributed by atoms with Gasteiger partial charge in [-0.1, -0.05) is 25.8 Å². The van der Waals surface area contributed by atoms with E-state index in [1.54, 1.807) is 6.92 Å². The van der Waals surface area contributed by atoms with Crippen molar-refractivity contribution in [2.45, 2.75) is 58.6 Å². The van der Waals surface area contributed by atoms with Gasteiger partial charge in [0.05, 0.1) is 4.47 Å². The number of hydrogen-bond acceptors (Lipinski definition) is 2.